The average molecular weight is 268 g/mol. The molecule has 0 bridgehead atoms. The zero-order chi connectivity index (χ0) is 9.97. The van der Waals surface area contributed by atoms with Gasteiger partial charge in [0.25, 0.3) is 0 Å². The van der Waals surface area contributed by atoms with Gasteiger partial charge in [-0.1, -0.05) is 30.3 Å². The van der Waals surface area contributed by atoms with Crippen molar-refractivity contribution in [1.82, 2.24) is 4.98 Å². The van der Waals surface area contributed by atoms with Crippen LogP contribution in [-0.4, -0.2) is 11.3 Å². The summed E-state index contributed by atoms with van der Waals surface area (Å²) in [5.74, 6) is 0. The molecule has 2 nitrogen and oxygen atoms in total. The van der Waals surface area contributed by atoms with E-state index in [1.54, 1.807) is 0 Å². The van der Waals surface area contributed by atoms with E-state index >= 15 is 0 Å². The number of carbonyl (C=O) groups excluding carboxylic acids is 1. The van der Waals surface area contributed by atoms with Gasteiger partial charge in [-0.3, -0.25) is 4.79 Å². The minimum atomic E-state index is 0.494. The molecule has 0 aliphatic carbocycles. The van der Waals surface area contributed by atoms with Crippen LogP contribution >= 0.6 is 27.3 Å². The van der Waals surface area contributed by atoms with Crippen LogP contribution in [0.5, 0.6) is 0 Å². The summed E-state index contributed by atoms with van der Waals surface area (Å²) >= 11 is 4.74. The molecule has 0 aliphatic heterocycles. The molecule has 0 unspecified atom stereocenters. The number of hydrogen-bond acceptors (Lipinski definition) is 3. The first-order valence-electron chi connectivity index (χ1n) is 3.98. The number of thiazole rings is 1. The summed E-state index contributed by atoms with van der Waals surface area (Å²) in [7, 11) is 0. The van der Waals surface area contributed by atoms with Gasteiger partial charge in [0.15, 0.2) is 10.2 Å². The Kier molecular flexibility index (Phi) is 2.74. The first-order chi connectivity index (χ1) is 6.81. The highest BCUT2D eigenvalue weighted by Crippen LogP contribution is 2.31. The molecule has 1 heterocycles. The Morgan fingerprint density at radius 1 is 1.29 bits per heavy atom. The molecule has 0 radical (unpaired) electrons. The van der Waals surface area contributed by atoms with Crippen molar-refractivity contribution in [2.45, 2.75) is 0 Å². The van der Waals surface area contributed by atoms with Crippen LogP contribution in [0.2, 0.25) is 0 Å². The molecule has 0 spiro atoms. The molecule has 0 fully saturated rings. The van der Waals surface area contributed by atoms with Gasteiger partial charge in [0.1, 0.15) is 5.69 Å². The van der Waals surface area contributed by atoms with Crippen molar-refractivity contribution in [3.8, 4) is 10.4 Å². The lowest BCUT2D eigenvalue weighted by Crippen LogP contribution is -1.82. The van der Waals surface area contributed by atoms with E-state index in [9.17, 15) is 4.79 Å². The van der Waals surface area contributed by atoms with E-state index < -0.39 is 0 Å². The second kappa shape index (κ2) is 4.02. The third-order valence-electron chi connectivity index (χ3n) is 1.77. The minimum absolute atomic E-state index is 0.494. The topological polar surface area (TPSA) is 30.0 Å². The predicted octanol–water partition coefficient (Wildman–Crippen LogP) is 3.39. The third kappa shape index (κ3) is 1.76. The van der Waals surface area contributed by atoms with E-state index in [0.717, 1.165) is 20.6 Å². The van der Waals surface area contributed by atoms with Crippen LogP contribution in [0.3, 0.4) is 0 Å². The van der Waals surface area contributed by atoms with Crippen molar-refractivity contribution < 1.29 is 4.79 Å². The highest BCUT2D eigenvalue weighted by atomic mass is 79.9. The van der Waals surface area contributed by atoms with Crippen molar-refractivity contribution in [2.24, 2.45) is 0 Å². The minimum Gasteiger partial charge on any atom is -0.296 e. The number of benzene rings is 1. The van der Waals surface area contributed by atoms with Gasteiger partial charge in [0.2, 0.25) is 0 Å². The number of nitrogens with zero attached hydrogens (tertiary/aromatic N) is 1. The van der Waals surface area contributed by atoms with E-state index in [0.29, 0.717) is 5.69 Å². The molecule has 0 amide bonds. The van der Waals surface area contributed by atoms with Crippen LogP contribution in [0.4, 0.5) is 0 Å². The highest BCUT2D eigenvalue weighted by molar-refractivity contribution is 9.11. The van der Waals surface area contributed by atoms with Crippen molar-refractivity contribution in [2.75, 3.05) is 0 Å². The van der Waals surface area contributed by atoms with E-state index in [1.165, 1.54) is 11.3 Å². The quantitative estimate of drug-likeness (QED) is 0.781. The Morgan fingerprint density at radius 2 is 2.00 bits per heavy atom. The molecule has 2 aromatic rings. The number of aromatic nitrogens is 1. The molecular weight excluding hydrogens is 262 g/mol. The Labute approximate surface area is 93.7 Å². The number of hydrogen-bond donors (Lipinski definition) is 0. The molecule has 0 saturated heterocycles. The van der Waals surface area contributed by atoms with E-state index in [4.69, 9.17) is 0 Å². The predicted molar refractivity (Wildman–Crippen MR) is 60.6 cm³/mol. The van der Waals surface area contributed by atoms with E-state index in [1.807, 2.05) is 30.3 Å². The number of carbonyl (C=O) groups is 1. The first kappa shape index (κ1) is 9.55. The van der Waals surface area contributed by atoms with Gasteiger partial charge >= 0.3 is 0 Å². The smallest absolute Gasteiger partial charge is 0.169 e. The number of halogens is 1. The summed E-state index contributed by atoms with van der Waals surface area (Å²) in [6.07, 6.45) is 0.781. The molecule has 0 saturated carbocycles. The lowest BCUT2D eigenvalue weighted by Gasteiger charge is -1.95. The molecular formula is C10H6BrNOS. The number of rotatable bonds is 2. The maximum absolute atomic E-state index is 10.7. The summed E-state index contributed by atoms with van der Waals surface area (Å²) < 4.78 is 0.735. The Balaban J connectivity index is 2.56. The summed E-state index contributed by atoms with van der Waals surface area (Å²) in [6, 6.07) is 9.76. The van der Waals surface area contributed by atoms with Gasteiger partial charge in [-0.25, -0.2) is 4.98 Å². The fourth-order valence-electron chi connectivity index (χ4n) is 1.18. The number of aldehydes is 1. The van der Waals surface area contributed by atoms with E-state index in [2.05, 4.69) is 20.9 Å². The summed E-state index contributed by atoms with van der Waals surface area (Å²) in [4.78, 5) is 15.7. The Morgan fingerprint density at radius 3 is 2.64 bits per heavy atom. The van der Waals surface area contributed by atoms with E-state index in [-0.39, 0.29) is 0 Å². The van der Waals surface area contributed by atoms with Crippen LogP contribution in [0.25, 0.3) is 10.4 Å². The summed E-state index contributed by atoms with van der Waals surface area (Å²) in [5.41, 5.74) is 1.52. The molecule has 14 heavy (non-hydrogen) atoms. The van der Waals surface area contributed by atoms with Crippen LogP contribution in [-0.2, 0) is 0 Å². The van der Waals surface area contributed by atoms with Crippen LogP contribution < -0.4 is 0 Å². The monoisotopic (exact) mass is 267 g/mol. The summed E-state index contributed by atoms with van der Waals surface area (Å²) in [5, 5.41) is 0. The Bertz CT molecular complexity index is 452. The van der Waals surface area contributed by atoms with Gasteiger partial charge in [-0.05, 0) is 21.5 Å². The fourth-order valence-corrected chi connectivity index (χ4v) is 2.62. The van der Waals surface area contributed by atoms with Crippen LogP contribution in [0.1, 0.15) is 10.5 Å². The van der Waals surface area contributed by atoms with Crippen LogP contribution in [0, 0.1) is 0 Å². The SMILES string of the molecule is O=Cc1nc(Br)sc1-c1ccccc1. The highest BCUT2D eigenvalue weighted by Gasteiger charge is 2.09. The molecule has 1 aromatic heterocycles. The van der Waals surface area contributed by atoms with Gasteiger partial charge in [-0.2, -0.15) is 0 Å². The second-order valence-electron chi connectivity index (χ2n) is 2.67. The molecule has 4 heteroatoms. The first-order valence-corrected chi connectivity index (χ1v) is 5.59. The van der Waals surface area contributed by atoms with Crippen molar-refractivity contribution in [1.29, 1.82) is 0 Å². The fraction of sp³-hybridized carbons (Fsp3) is 0. The zero-order valence-corrected chi connectivity index (χ0v) is 9.51. The van der Waals surface area contributed by atoms with Gasteiger partial charge < -0.3 is 0 Å². The molecule has 2 rings (SSSR count). The standard InChI is InChI=1S/C10H6BrNOS/c11-10-12-8(6-13)9(14-10)7-4-2-1-3-5-7/h1-6H. The molecule has 0 N–H and O–H groups in total. The van der Waals surface area contributed by atoms with Gasteiger partial charge in [0, 0.05) is 0 Å². The second-order valence-corrected chi connectivity index (χ2v) is 4.94. The molecule has 1 aromatic carbocycles. The molecule has 0 atom stereocenters. The maximum atomic E-state index is 10.7. The third-order valence-corrected chi connectivity index (χ3v) is 3.35. The Hall–Kier alpha value is -1.00. The lowest BCUT2D eigenvalue weighted by molar-refractivity contribution is 0.112. The van der Waals surface area contributed by atoms with Crippen LogP contribution in [0.15, 0.2) is 34.2 Å². The summed E-state index contributed by atoms with van der Waals surface area (Å²) in [6.45, 7) is 0. The molecule has 70 valence electrons. The lowest BCUT2D eigenvalue weighted by atomic mass is 10.2. The average Bonchev–Trinajstić information content (AvgIpc) is 2.61. The normalized spacial score (nSPS) is 10.1. The largest absolute Gasteiger partial charge is 0.296 e. The van der Waals surface area contributed by atoms with Gasteiger partial charge in [-0.15, -0.1) is 11.3 Å². The molecule has 0 aliphatic rings. The zero-order valence-electron chi connectivity index (χ0n) is 7.11. The van der Waals surface area contributed by atoms with Crippen molar-refractivity contribution >= 4 is 33.6 Å². The van der Waals surface area contributed by atoms with Gasteiger partial charge in [0.05, 0.1) is 4.88 Å². The van der Waals surface area contributed by atoms with Crippen molar-refractivity contribution in [3.05, 3.63) is 39.9 Å². The van der Waals surface area contributed by atoms with Crippen molar-refractivity contribution in [3.63, 3.8) is 0 Å². The maximum Gasteiger partial charge on any atom is 0.169 e.